The topological polar surface area (TPSA) is 119 Å². The Bertz CT molecular complexity index is 614. The summed E-state index contributed by atoms with van der Waals surface area (Å²) in [4.78, 5) is 31.3. The maximum Gasteiger partial charge on any atom is 0.471 e. The van der Waals surface area contributed by atoms with Crippen molar-refractivity contribution in [2.45, 2.75) is 6.18 Å². The van der Waals surface area contributed by atoms with Crippen LogP contribution in [0.25, 0.3) is 0 Å². The molecule has 0 aliphatic heterocycles. The third-order valence-electron chi connectivity index (χ3n) is 2.25. The quantitative estimate of drug-likeness (QED) is 0.646. The molecule has 0 fully saturated rings. The van der Waals surface area contributed by atoms with E-state index < -0.39 is 45.7 Å². The van der Waals surface area contributed by atoms with Gasteiger partial charge in [-0.3, -0.25) is 14.9 Å². The molecule has 0 saturated heterocycles. The van der Waals surface area contributed by atoms with Crippen molar-refractivity contribution in [3.63, 3.8) is 0 Å². The Balaban J connectivity index is 3.39. The number of nitrogens with one attached hydrogen (secondary N) is 1. The highest BCUT2D eigenvalue weighted by atomic mass is 19.4. The van der Waals surface area contributed by atoms with Crippen LogP contribution in [0.5, 0.6) is 5.75 Å². The lowest BCUT2D eigenvalue weighted by atomic mass is 10.1. The SMILES string of the molecule is COc1cc(C(=O)O)c([N+](=O)[O-])cc1NC(=O)C(F)(F)F. The highest BCUT2D eigenvalue weighted by molar-refractivity contribution is 5.99. The van der Waals surface area contributed by atoms with Gasteiger partial charge in [0.1, 0.15) is 11.3 Å². The summed E-state index contributed by atoms with van der Waals surface area (Å²) in [5, 5.41) is 20.9. The van der Waals surface area contributed by atoms with Crippen LogP contribution in [-0.4, -0.2) is 35.2 Å². The van der Waals surface area contributed by atoms with E-state index in [2.05, 4.69) is 4.74 Å². The van der Waals surface area contributed by atoms with Crippen molar-refractivity contribution in [3.8, 4) is 5.75 Å². The molecule has 0 spiro atoms. The van der Waals surface area contributed by atoms with E-state index in [0.717, 1.165) is 7.11 Å². The second kappa shape index (κ2) is 5.64. The largest absolute Gasteiger partial charge is 0.495 e. The number of nitro groups is 1. The van der Waals surface area contributed by atoms with Crippen molar-refractivity contribution in [2.24, 2.45) is 0 Å². The molecule has 0 aromatic heterocycles. The van der Waals surface area contributed by atoms with Crippen molar-refractivity contribution >= 4 is 23.3 Å². The summed E-state index contributed by atoms with van der Waals surface area (Å²) in [6.07, 6.45) is -5.22. The van der Waals surface area contributed by atoms with E-state index in [0.29, 0.717) is 12.1 Å². The highest BCUT2D eigenvalue weighted by Gasteiger charge is 2.39. The average molecular weight is 308 g/mol. The minimum Gasteiger partial charge on any atom is -0.495 e. The molecule has 8 nitrogen and oxygen atoms in total. The fourth-order valence-electron chi connectivity index (χ4n) is 1.35. The Labute approximate surface area is 114 Å². The second-order valence-corrected chi connectivity index (χ2v) is 3.58. The zero-order valence-corrected chi connectivity index (χ0v) is 10.2. The standard InChI is InChI=1S/C10H7F3N2O6/c1-21-7-2-4(8(16)17)6(15(19)20)3-5(7)14-9(18)10(11,12)13/h2-3H,1H3,(H,14,18)(H,16,17). The number of nitro benzene ring substituents is 1. The molecule has 0 saturated carbocycles. The monoisotopic (exact) mass is 308 g/mol. The maximum absolute atomic E-state index is 12.2. The summed E-state index contributed by atoms with van der Waals surface area (Å²) in [5.74, 6) is -4.51. The Morgan fingerprint density at radius 3 is 2.33 bits per heavy atom. The lowest BCUT2D eigenvalue weighted by Crippen LogP contribution is -2.30. The van der Waals surface area contributed by atoms with Crippen molar-refractivity contribution in [2.75, 3.05) is 12.4 Å². The van der Waals surface area contributed by atoms with Gasteiger partial charge < -0.3 is 15.2 Å². The number of carbonyl (C=O) groups excluding carboxylic acids is 1. The molecule has 1 amide bonds. The molecule has 21 heavy (non-hydrogen) atoms. The zero-order valence-electron chi connectivity index (χ0n) is 10.2. The van der Waals surface area contributed by atoms with Crippen LogP contribution in [0, 0.1) is 10.1 Å². The predicted octanol–water partition coefficient (Wildman–Crippen LogP) is 1.80. The van der Waals surface area contributed by atoms with Gasteiger partial charge in [-0.25, -0.2) is 4.79 Å². The number of anilines is 1. The number of hydrogen-bond donors (Lipinski definition) is 2. The minimum atomic E-state index is -5.22. The van der Waals surface area contributed by atoms with Crippen LogP contribution in [-0.2, 0) is 4.79 Å². The van der Waals surface area contributed by atoms with E-state index >= 15 is 0 Å². The van der Waals surface area contributed by atoms with Gasteiger partial charge in [0.05, 0.1) is 17.7 Å². The number of carbonyl (C=O) groups is 2. The lowest BCUT2D eigenvalue weighted by Gasteiger charge is -2.12. The fourth-order valence-corrected chi connectivity index (χ4v) is 1.35. The summed E-state index contributed by atoms with van der Waals surface area (Å²) in [6, 6.07) is 1.12. The molecule has 11 heteroatoms. The van der Waals surface area contributed by atoms with Crippen LogP contribution in [0.1, 0.15) is 10.4 Å². The highest BCUT2D eigenvalue weighted by Crippen LogP contribution is 2.33. The number of halogens is 3. The molecule has 0 radical (unpaired) electrons. The number of methoxy groups -OCH3 is 1. The lowest BCUT2D eigenvalue weighted by molar-refractivity contribution is -0.385. The molecule has 114 valence electrons. The van der Waals surface area contributed by atoms with Crippen molar-refractivity contribution in [1.82, 2.24) is 0 Å². The molecule has 0 unspecified atom stereocenters. The summed E-state index contributed by atoms with van der Waals surface area (Å²) < 4.78 is 41.1. The van der Waals surface area contributed by atoms with E-state index in [1.54, 1.807) is 0 Å². The van der Waals surface area contributed by atoms with Crippen LogP contribution >= 0.6 is 0 Å². The van der Waals surface area contributed by atoms with Gasteiger partial charge >= 0.3 is 18.1 Å². The summed E-state index contributed by atoms with van der Waals surface area (Å²) in [6.45, 7) is 0. The van der Waals surface area contributed by atoms with Gasteiger partial charge in [0, 0.05) is 12.1 Å². The normalized spacial score (nSPS) is 10.9. The molecule has 0 aliphatic rings. The van der Waals surface area contributed by atoms with E-state index in [1.807, 2.05) is 0 Å². The number of nitrogens with zero attached hydrogens (tertiary/aromatic N) is 1. The number of benzene rings is 1. The van der Waals surface area contributed by atoms with Crippen molar-refractivity contribution in [3.05, 3.63) is 27.8 Å². The van der Waals surface area contributed by atoms with Gasteiger partial charge in [-0.1, -0.05) is 0 Å². The van der Waals surface area contributed by atoms with Crippen LogP contribution in [0.2, 0.25) is 0 Å². The van der Waals surface area contributed by atoms with Crippen LogP contribution in [0.3, 0.4) is 0 Å². The first kappa shape index (κ1) is 16.2. The summed E-state index contributed by atoms with van der Waals surface area (Å²) in [7, 11) is 0.996. The van der Waals surface area contributed by atoms with Crippen LogP contribution in [0.4, 0.5) is 24.5 Å². The number of carboxylic acid groups (broad SMARTS) is 1. The molecule has 0 bridgehead atoms. The Morgan fingerprint density at radius 2 is 1.95 bits per heavy atom. The number of rotatable bonds is 4. The molecule has 1 aromatic rings. The molecular formula is C10H7F3N2O6. The Morgan fingerprint density at radius 1 is 1.38 bits per heavy atom. The van der Waals surface area contributed by atoms with Gasteiger partial charge in [0.25, 0.3) is 5.69 Å². The molecular weight excluding hydrogens is 301 g/mol. The number of ether oxygens (including phenoxy) is 1. The van der Waals surface area contributed by atoms with Gasteiger partial charge in [-0.05, 0) is 0 Å². The number of alkyl halides is 3. The average Bonchev–Trinajstić information content (AvgIpc) is 2.36. The fraction of sp³-hybridized carbons (Fsp3) is 0.200. The molecule has 0 aliphatic carbocycles. The van der Waals surface area contributed by atoms with Gasteiger partial charge in [0.2, 0.25) is 0 Å². The second-order valence-electron chi connectivity index (χ2n) is 3.58. The smallest absolute Gasteiger partial charge is 0.471 e. The predicted molar refractivity (Wildman–Crippen MR) is 61.3 cm³/mol. The molecule has 1 aromatic carbocycles. The minimum absolute atomic E-state index is 0.462. The van der Waals surface area contributed by atoms with Crippen molar-refractivity contribution < 1.29 is 37.5 Å². The molecule has 0 atom stereocenters. The first-order valence-corrected chi connectivity index (χ1v) is 5.05. The Hall–Kier alpha value is -2.85. The maximum atomic E-state index is 12.2. The molecule has 2 N–H and O–H groups in total. The first-order chi connectivity index (χ1) is 9.57. The van der Waals surface area contributed by atoms with Crippen molar-refractivity contribution in [1.29, 1.82) is 0 Å². The van der Waals surface area contributed by atoms with E-state index in [9.17, 15) is 32.9 Å². The van der Waals surface area contributed by atoms with Gasteiger partial charge in [0.15, 0.2) is 0 Å². The zero-order chi connectivity index (χ0) is 16.4. The third kappa shape index (κ3) is 3.58. The van der Waals surface area contributed by atoms with Crippen LogP contribution < -0.4 is 10.1 Å². The number of aromatic carboxylic acids is 1. The number of carboxylic acids is 1. The van der Waals surface area contributed by atoms with Gasteiger partial charge in [-0.2, -0.15) is 13.2 Å². The molecule has 0 heterocycles. The third-order valence-corrected chi connectivity index (χ3v) is 2.25. The molecule has 1 rings (SSSR count). The summed E-state index contributed by atoms with van der Waals surface area (Å²) in [5.41, 5.74) is -2.45. The van der Waals surface area contributed by atoms with E-state index in [-0.39, 0.29) is 0 Å². The Kier molecular flexibility index (Phi) is 4.36. The van der Waals surface area contributed by atoms with Crippen LogP contribution in [0.15, 0.2) is 12.1 Å². The number of amides is 1. The number of hydrogen-bond acceptors (Lipinski definition) is 5. The van der Waals surface area contributed by atoms with E-state index in [4.69, 9.17) is 5.11 Å². The summed E-state index contributed by atoms with van der Waals surface area (Å²) >= 11 is 0. The first-order valence-electron chi connectivity index (χ1n) is 5.05. The van der Waals surface area contributed by atoms with E-state index in [1.165, 1.54) is 5.32 Å². The van der Waals surface area contributed by atoms with Gasteiger partial charge in [-0.15, -0.1) is 0 Å².